The Morgan fingerprint density at radius 2 is 1.69 bits per heavy atom. The number of fused-ring (bicyclic) bond motifs is 1. The molecular formula is C34H33F4NO6. The second-order valence-corrected chi connectivity index (χ2v) is 13.0. The van der Waals surface area contributed by atoms with E-state index < -0.39 is 46.5 Å². The Morgan fingerprint density at radius 3 is 2.31 bits per heavy atom. The topological polar surface area (TPSA) is 102 Å². The molecule has 0 aromatic heterocycles. The van der Waals surface area contributed by atoms with Crippen LogP contribution in [-0.2, 0) is 27.1 Å². The van der Waals surface area contributed by atoms with Gasteiger partial charge in [-0.1, -0.05) is 18.2 Å². The highest BCUT2D eigenvalue weighted by atomic mass is 19.4. The first-order valence-corrected chi connectivity index (χ1v) is 14.9. The number of carbonyl (C=O) groups is 3. The summed E-state index contributed by atoms with van der Waals surface area (Å²) in [4.78, 5) is 38.5. The zero-order chi connectivity index (χ0) is 32.1. The molecule has 4 bridgehead atoms. The van der Waals surface area contributed by atoms with Gasteiger partial charge in [0.1, 0.15) is 30.8 Å². The van der Waals surface area contributed by atoms with Crippen LogP contribution in [0.25, 0.3) is 10.8 Å². The van der Waals surface area contributed by atoms with Crippen LogP contribution in [0.5, 0.6) is 5.75 Å². The maximum absolute atomic E-state index is 14.1. The molecule has 238 valence electrons. The quantitative estimate of drug-likeness (QED) is 0.243. The van der Waals surface area contributed by atoms with Gasteiger partial charge in [0, 0.05) is 10.8 Å². The Balaban J connectivity index is 1.30. The van der Waals surface area contributed by atoms with Crippen LogP contribution in [0.2, 0.25) is 0 Å². The Hall–Kier alpha value is -3.99. The first-order chi connectivity index (χ1) is 21.3. The number of carboxylic acids is 1. The number of ketones is 1. The zero-order valence-corrected chi connectivity index (χ0v) is 24.6. The second-order valence-electron chi connectivity index (χ2n) is 13.0. The number of nitrogens with one attached hydrogen (secondary N) is 1. The number of benzene rings is 3. The molecule has 4 fully saturated rings. The van der Waals surface area contributed by atoms with Crippen molar-refractivity contribution in [1.29, 1.82) is 0 Å². The molecular weight excluding hydrogens is 594 g/mol. The van der Waals surface area contributed by atoms with Crippen LogP contribution in [0.4, 0.5) is 17.6 Å². The number of aliphatic carboxylic acids is 1. The fourth-order valence-electron chi connectivity index (χ4n) is 8.25. The predicted octanol–water partition coefficient (Wildman–Crippen LogP) is 6.70. The molecule has 0 saturated heterocycles. The van der Waals surface area contributed by atoms with Crippen molar-refractivity contribution in [3.8, 4) is 5.75 Å². The van der Waals surface area contributed by atoms with Crippen molar-refractivity contribution in [2.45, 2.75) is 69.9 Å². The Kier molecular flexibility index (Phi) is 7.87. The van der Waals surface area contributed by atoms with Gasteiger partial charge in [-0.3, -0.25) is 9.59 Å². The summed E-state index contributed by atoms with van der Waals surface area (Å²) in [5, 5.41) is 14.1. The third-order valence-corrected chi connectivity index (χ3v) is 9.61. The van der Waals surface area contributed by atoms with Crippen LogP contribution in [-0.4, -0.2) is 41.0 Å². The molecule has 7 rings (SSSR count). The SMILES string of the molecule is CC(=O)COC12C[C@H]3C[C@@H](C1)CC([C@H](NC(=O)c1ccc4cc(F)ccc4c1OCc1ccc(C(F)(F)F)cc1)C(=O)O)(C3)C2. The lowest BCUT2D eigenvalue weighted by Crippen LogP contribution is -2.65. The van der Waals surface area contributed by atoms with Gasteiger partial charge in [-0.2, -0.15) is 13.2 Å². The predicted molar refractivity (Wildman–Crippen MR) is 155 cm³/mol. The van der Waals surface area contributed by atoms with Gasteiger partial charge in [-0.05, 0) is 105 Å². The van der Waals surface area contributed by atoms with Gasteiger partial charge in [-0.25, -0.2) is 9.18 Å². The lowest BCUT2D eigenvalue weighted by Gasteiger charge is -2.62. The summed E-state index contributed by atoms with van der Waals surface area (Å²) in [6, 6.07) is 10.0. The minimum absolute atomic E-state index is 0.0135. The van der Waals surface area contributed by atoms with Crippen molar-refractivity contribution in [2.24, 2.45) is 17.3 Å². The third-order valence-electron chi connectivity index (χ3n) is 9.61. The van der Waals surface area contributed by atoms with Gasteiger partial charge < -0.3 is 19.9 Å². The molecule has 3 aromatic carbocycles. The maximum atomic E-state index is 14.1. The molecule has 0 aliphatic heterocycles. The molecule has 4 saturated carbocycles. The Labute approximate surface area is 256 Å². The summed E-state index contributed by atoms with van der Waals surface area (Å²) in [5.74, 6) is -2.01. The zero-order valence-electron chi connectivity index (χ0n) is 24.6. The van der Waals surface area contributed by atoms with E-state index in [1.165, 1.54) is 49.4 Å². The Bertz CT molecular complexity index is 1640. The summed E-state index contributed by atoms with van der Waals surface area (Å²) in [6.07, 6.45) is -0.409. The molecule has 2 unspecified atom stereocenters. The molecule has 0 spiro atoms. The average molecular weight is 628 g/mol. The summed E-state index contributed by atoms with van der Waals surface area (Å²) in [6.45, 7) is 1.21. The fraction of sp³-hybridized carbons (Fsp3) is 0.441. The van der Waals surface area contributed by atoms with Gasteiger partial charge in [0.2, 0.25) is 0 Å². The number of halogens is 4. The van der Waals surface area contributed by atoms with Crippen LogP contribution >= 0.6 is 0 Å². The van der Waals surface area contributed by atoms with Crippen molar-refractivity contribution in [1.82, 2.24) is 5.32 Å². The van der Waals surface area contributed by atoms with Crippen molar-refractivity contribution in [2.75, 3.05) is 6.61 Å². The number of ether oxygens (including phenoxy) is 2. The summed E-state index contributed by atoms with van der Waals surface area (Å²) in [7, 11) is 0. The first-order valence-electron chi connectivity index (χ1n) is 14.9. The lowest BCUT2D eigenvalue weighted by atomic mass is 9.46. The number of Topliss-reactive ketones (excluding diaryl/α,β-unsaturated/α-hetero) is 1. The Morgan fingerprint density at radius 1 is 1.00 bits per heavy atom. The standard InChI is InChI=1S/C34H33F4NO6/c1-19(40)16-45-33-14-21-10-22(15-33)13-32(12-21,18-33)29(31(42)43)39-30(41)27-8-4-23-11-25(35)7-9-26(23)28(27)44-17-20-2-5-24(6-3-20)34(36,37)38/h2-9,11,21-22,29H,10,12-18H2,1H3,(H,39,41)(H,42,43)/t21-,22+,29-,32?,33?/m1/s1. The van der Waals surface area contributed by atoms with Crippen LogP contribution in [0.1, 0.15) is 66.9 Å². The summed E-state index contributed by atoms with van der Waals surface area (Å²) >= 11 is 0. The van der Waals surface area contributed by atoms with E-state index in [1.807, 2.05) is 0 Å². The molecule has 11 heteroatoms. The van der Waals surface area contributed by atoms with E-state index >= 15 is 0 Å². The smallest absolute Gasteiger partial charge is 0.416 e. The molecule has 3 aromatic rings. The van der Waals surface area contributed by atoms with Crippen molar-refractivity contribution in [3.05, 3.63) is 77.1 Å². The van der Waals surface area contributed by atoms with Gasteiger partial charge >= 0.3 is 12.1 Å². The molecule has 45 heavy (non-hydrogen) atoms. The number of carboxylic acid groups (broad SMARTS) is 1. The van der Waals surface area contributed by atoms with Gasteiger partial charge in [0.15, 0.2) is 5.78 Å². The summed E-state index contributed by atoms with van der Waals surface area (Å²) < 4.78 is 65.4. The number of hydrogen-bond acceptors (Lipinski definition) is 5. The van der Waals surface area contributed by atoms with Crippen LogP contribution in [0.3, 0.4) is 0 Å². The second kappa shape index (κ2) is 11.4. The molecule has 4 aliphatic carbocycles. The lowest BCUT2D eigenvalue weighted by molar-refractivity contribution is -0.203. The fourth-order valence-corrected chi connectivity index (χ4v) is 8.25. The molecule has 0 heterocycles. The van der Waals surface area contributed by atoms with Crippen LogP contribution in [0, 0.1) is 23.1 Å². The van der Waals surface area contributed by atoms with E-state index in [4.69, 9.17) is 9.47 Å². The molecule has 5 atom stereocenters. The number of amides is 1. The first kappa shape index (κ1) is 31.0. The minimum atomic E-state index is -4.50. The van der Waals surface area contributed by atoms with E-state index in [-0.39, 0.29) is 42.1 Å². The maximum Gasteiger partial charge on any atom is 0.416 e. The van der Waals surface area contributed by atoms with Gasteiger partial charge in [0.05, 0.1) is 16.7 Å². The van der Waals surface area contributed by atoms with Crippen molar-refractivity contribution >= 4 is 28.4 Å². The van der Waals surface area contributed by atoms with Gasteiger partial charge in [-0.15, -0.1) is 0 Å². The van der Waals surface area contributed by atoms with E-state index in [0.717, 1.165) is 31.4 Å². The van der Waals surface area contributed by atoms with Crippen LogP contribution < -0.4 is 10.1 Å². The molecule has 1 amide bonds. The van der Waals surface area contributed by atoms with E-state index in [1.54, 1.807) is 0 Å². The van der Waals surface area contributed by atoms with E-state index in [2.05, 4.69) is 5.32 Å². The largest absolute Gasteiger partial charge is 0.487 e. The molecule has 2 N–H and O–H groups in total. The van der Waals surface area contributed by atoms with Gasteiger partial charge in [0.25, 0.3) is 5.91 Å². The van der Waals surface area contributed by atoms with E-state index in [9.17, 15) is 37.1 Å². The molecule has 0 radical (unpaired) electrons. The average Bonchev–Trinajstić information content (AvgIpc) is 2.96. The number of rotatable bonds is 10. The third kappa shape index (κ3) is 6.14. The number of carbonyl (C=O) groups excluding carboxylic acids is 2. The highest BCUT2D eigenvalue weighted by molar-refractivity contribution is 6.05. The van der Waals surface area contributed by atoms with Crippen LogP contribution in [0.15, 0.2) is 54.6 Å². The molecule has 7 nitrogen and oxygen atoms in total. The highest BCUT2D eigenvalue weighted by Gasteiger charge is 2.62. The number of alkyl halides is 3. The highest BCUT2D eigenvalue weighted by Crippen LogP contribution is 2.64. The van der Waals surface area contributed by atoms with E-state index in [0.29, 0.717) is 35.6 Å². The van der Waals surface area contributed by atoms with Crippen molar-refractivity contribution < 1.29 is 46.5 Å². The molecule has 4 aliphatic rings. The normalized spacial score (nSPS) is 26.1. The van der Waals surface area contributed by atoms with Crippen molar-refractivity contribution in [3.63, 3.8) is 0 Å². The number of hydrogen-bond donors (Lipinski definition) is 2. The minimum Gasteiger partial charge on any atom is -0.487 e. The monoisotopic (exact) mass is 627 g/mol. The summed E-state index contributed by atoms with van der Waals surface area (Å²) in [5.41, 5.74) is -1.79.